The molecule has 3 aliphatic carbocycles. The lowest BCUT2D eigenvalue weighted by Crippen LogP contribution is -2.60. The number of fused-ring (bicyclic) bond motifs is 5. The number of nitrogens with one attached hydrogen (secondary N) is 1. The van der Waals surface area contributed by atoms with Crippen LogP contribution in [0, 0.1) is 28.6 Å². The lowest BCUT2D eigenvalue weighted by atomic mass is 9.48. The smallest absolute Gasteiger partial charge is 0.408 e. The van der Waals surface area contributed by atoms with E-state index in [0.29, 0.717) is 23.8 Å². The molecular weight excluding hydrogens is 424 g/mol. The van der Waals surface area contributed by atoms with Crippen LogP contribution in [-0.4, -0.2) is 36.1 Å². The fourth-order valence-corrected chi connectivity index (χ4v) is 8.22. The molecule has 4 aliphatic rings. The summed E-state index contributed by atoms with van der Waals surface area (Å²) in [5.41, 5.74) is 0.650. The zero-order chi connectivity index (χ0) is 24.3. The summed E-state index contributed by atoms with van der Waals surface area (Å²) >= 11 is 0. The minimum Gasteiger partial charge on any atom is -0.446 e. The number of rotatable bonds is 3. The molecule has 34 heavy (non-hydrogen) atoms. The van der Waals surface area contributed by atoms with Crippen LogP contribution in [0.3, 0.4) is 0 Å². The molecule has 1 N–H and O–H groups in total. The summed E-state index contributed by atoms with van der Waals surface area (Å²) in [6.07, 6.45) is 10.2. The number of carbonyl (C=O) groups is 2. The first kappa shape index (κ1) is 23.4. The van der Waals surface area contributed by atoms with E-state index >= 15 is 0 Å². The number of hydrogen-bond acceptors (Lipinski definition) is 3. The van der Waals surface area contributed by atoms with Crippen molar-refractivity contribution in [3.8, 4) is 0 Å². The molecule has 3 saturated carbocycles. The summed E-state index contributed by atoms with van der Waals surface area (Å²) in [4.78, 5) is 27.3. The molecule has 7 atom stereocenters. The van der Waals surface area contributed by atoms with Gasteiger partial charge in [0, 0.05) is 23.9 Å². The number of likely N-dealkylation sites (N-methyl/N-ethyl adjacent to an activating group) is 1. The van der Waals surface area contributed by atoms with E-state index in [1.54, 1.807) is 6.08 Å². The van der Waals surface area contributed by atoms with Crippen LogP contribution in [0.4, 0.5) is 4.79 Å². The van der Waals surface area contributed by atoms with Gasteiger partial charge in [0.05, 0.1) is 5.54 Å². The minimum absolute atomic E-state index is 0.0265. The van der Waals surface area contributed by atoms with E-state index in [4.69, 9.17) is 4.74 Å². The van der Waals surface area contributed by atoms with Crippen LogP contribution in [0.1, 0.15) is 71.8 Å². The van der Waals surface area contributed by atoms with Gasteiger partial charge >= 0.3 is 6.09 Å². The predicted octanol–water partition coefficient (Wildman–Crippen LogP) is 5.66. The molecule has 5 nitrogen and oxygen atoms in total. The second-order valence-corrected chi connectivity index (χ2v) is 12.3. The lowest BCUT2D eigenvalue weighted by Gasteiger charge is -2.60. The minimum atomic E-state index is -0.487. The Bertz CT molecular complexity index is 988. The fourth-order valence-electron chi connectivity index (χ4n) is 8.22. The Morgan fingerprint density at radius 3 is 2.53 bits per heavy atom. The van der Waals surface area contributed by atoms with Gasteiger partial charge in [-0.3, -0.25) is 4.79 Å². The van der Waals surface area contributed by atoms with Crippen LogP contribution in [0.15, 0.2) is 42.5 Å². The van der Waals surface area contributed by atoms with Gasteiger partial charge < -0.3 is 15.0 Å². The molecule has 0 spiro atoms. The van der Waals surface area contributed by atoms with Gasteiger partial charge in [0.25, 0.3) is 0 Å². The first-order chi connectivity index (χ1) is 16.1. The van der Waals surface area contributed by atoms with E-state index in [1.165, 1.54) is 0 Å². The SMILES string of the molecule is CN1C(=O)C=C[C@]2(C)[C@H]3CC[C@]4(C)[C@@H](OC(=O)NC(C)(C)c5ccccc5)CC[C@H]4[C@@H]3CC[C@@H]12. The zero-order valence-electron chi connectivity index (χ0n) is 21.3. The maximum Gasteiger partial charge on any atom is 0.408 e. The predicted molar refractivity (Wildman–Crippen MR) is 133 cm³/mol. The van der Waals surface area contributed by atoms with Gasteiger partial charge in [0.15, 0.2) is 0 Å². The van der Waals surface area contributed by atoms with Gasteiger partial charge in [0.2, 0.25) is 5.91 Å². The van der Waals surface area contributed by atoms with E-state index in [0.717, 1.165) is 44.1 Å². The number of ether oxygens (including phenoxy) is 1. The van der Waals surface area contributed by atoms with Crippen molar-refractivity contribution in [2.75, 3.05) is 7.05 Å². The lowest BCUT2D eigenvalue weighted by molar-refractivity contribution is -0.140. The highest BCUT2D eigenvalue weighted by molar-refractivity contribution is 5.89. The summed E-state index contributed by atoms with van der Waals surface area (Å²) in [7, 11) is 1.97. The van der Waals surface area contributed by atoms with Crippen molar-refractivity contribution in [3.63, 3.8) is 0 Å². The molecule has 0 unspecified atom stereocenters. The Hall–Kier alpha value is -2.30. The third kappa shape index (κ3) is 3.58. The Kier molecular flexibility index (Phi) is 5.61. The number of hydrogen-bond donors (Lipinski definition) is 1. The van der Waals surface area contributed by atoms with Crippen molar-refractivity contribution in [1.82, 2.24) is 10.2 Å². The summed E-state index contributed by atoms with van der Waals surface area (Å²) in [6.45, 7) is 8.78. The highest BCUT2D eigenvalue weighted by Gasteiger charge is 2.61. The Morgan fingerprint density at radius 1 is 1.06 bits per heavy atom. The topological polar surface area (TPSA) is 58.6 Å². The summed E-state index contributed by atoms with van der Waals surface area (Å²) < 4.78 is 6.17. The summed E-state index contributed by atoms with van der Waals surface area (Å²) in [5.74, 6) is 1.92. The maximum absolute atomic E-state index is 13.0. The summed E-state index contributed by atoms with van der Waals surface area (Å²) in [5, 5.41) is 3.11. The normalized spacial score (nSPS) is 39.1. The number of nitrogens with zero attached hydrogens (tertiary/aromatic N) is 1. The molecule has 3 fully saturated rings. The fraction of sp³-hybridized carbons (Fsp3) is 0.655. The maximum atomic E-state index is 13.0. The van der Waals surface area contributed by atoms with E-state index in [-0.39, 0.29) is 28.9 Å². The van der Waals surface area contributed by atoms with Gasteiger partial charge in [-0.25, -0.2) is 4.79 Å². The molecule has 184 valence electrons. The Labute approximate surface area is 204 Å². The largest absolute Gasteiger partial charge is 0.446 e. The molecule has 1 heterocycles. The molecule has 5 rings (SSSR count). The van der Waals surface area contributed by atoms with Gasteiger partial charge in [-0.05, 0) is 81.8 Å². The highest BCUT2D eigenvalue weighted by Crippen LogP contribution is 2.64. The van der Waals surface area contributed by atoms with Crippen molar-refractivity contribution in [3.05, 3.63) is 48.0 Å². The first-order valence-corrected chi connectivity index (χ1v) is 13.1. The summed E-state index contributed by atoms with van der Waals surface area (Å²) in [6, 6.07) is 10.4. The van der Waals surface area contributed by atoms with E-state index in [9.17, 15) is 9.59 Å². The molecular formula is C29H40N2O3. The van der Waals surface area contributed by atoms with Crippen molar-refractivity contribution >= 4 is 12.0 Å². The Balaban J connectivity index is 1.30. The van der Waals surface area contributed by atoms with Crippen LogP contribution < -0.4 is 5.32 Å². The van der Waals surface area contributed by atoms with Crippen molar-refractivity contribution in [1.29, 1.82) is 0 Å². The van der Waals surface area contributed by atoms with Crippen LogP contribution >= 0.6 is 0 Å². The van der Waals surface area contributed by atoms with E-state index in [1.807, 2.05) is 56.1 Å². The van der Waals surface area contributed by atoms with Gasteiger partial charge in [-0.2, -0.15) is 0 Å². The molecule has 5 heteroatoms. The second kappa shape index (κ2) is 8.13. The molecule has 0 saturated heterocycles. The number of amides is 2. The second-order valence-electron chi connectivity index (χ2n) is 12.3. The van der Waals surface area contributed by atoms with Crippen LogP contribution in [0.2, 0.25) is 0 Å². The number of alkyl carbamates (subject to hydrolysis) is 1. The average molecular weight is 465 g/mol. The van der Waals surface area contributed by atoms with Gasteiger partial charge in [-0.1, -0.05) is 50.3 Å². The molecule has 0 aromatic heterocycles. The zero-order valence-corrected chi connectivity index (χ0v) is 21.3. The first-order valence-electron chi connectivity index (χ1n) is 13.1. The molecule has 0 radical (unpaired) electrons. The van der Waals surface area contributed by atoms with Crippen molar-refractivity contribution < 1.29 is 14.3 Å². The van der Waals surface area contributed by atoms with Crippen LogP contribution in [0.5, 0.6) is 0 Å². The van der Waals surface area contributed by atoms with E-state index in [2.05, 4.69) is 25.2 Å². The quantitative estimate of drug-likeness (QED) is 0.628. The molecule has 1 aromatic rings. The number of benzene rings is 1. The molecule has 1 aliphatic heterocycles. The molecule has 2 amide bonds. The molecule has 0 bridgehead atoms. The van der Waals surface area contributed by atoms with Crippen LogP contribution in [-0.2, 0) is 15.1 Å². The third-order valence-electron chi connectivity index (χ3n) is 10.2. The monoisotopic (exact) mass is 464 g/mol. The van der Waals surface area contributed by atoms with Gasteiger partial charge in [0.1, 0.15) is 6.10 Å². The van der Waals surface area contributed by atoms with E-state index < -0.39 is 5.54 Å². The van der Waals surface area contributed by atoms with Gasteiger partial charge in [-0.15, -0.1) is 0 Å². The van der Waals surface area contributed by atoms with Crippen molar-refractivity contribution in [2.24, 2.45) is 28.6 Å². The third-order valence-corrected chi connectivity index (χ3v) is 10.2. The number of carbonyl (C=O) groups excluding carboxylic acids is 2. The van der Waals surface area contributed by atoms with Crippen LogP contribution in [0.25, 0.3) is 0 Å². The molecule has 1 aromatic carbocycles. The Morgan fingerprint density at radius 2 is 1.79 bits per heavy atom. The highest BCUT2D eigenvalue weighted by atomic mass is 16.6. The van der Waals surface area contributed by atoms with Crippen molar-refractivity contribution in [2.45, 2.75) is 83.9 Å². The standard InChI is InChI=1S/C29H40N2O3/c1-27(2,19-9-7-6-8-10-19)30-26(33)34-24-14-12-21-20-11-13-23-28(3,18-16-25(32)31(23)5)22(20)15-17-29(21,24)4/h6-10,16,18,20-24H,11-15,17H2,1-5H3,(H,30,33)/t20-,21-,22-,23+,24-,28+,29-/m0/s1. The average Bonchev–Trinajstić information content (AvgIpc) is 3.13.